The van der Waals surface area contributed by atoms with Crippen molar-refractivity contribution in [1.82, 2.24) is 5.32 Å². The van der Waals surface area contributed by atoms with Crippen molar-refractivity contribution < 1.29 is 0 Å². The molecule has 1 unspecified atom stereocenters. The highest BCUT2D eigenvalue weighted by Crippen LogP contribution is 2.25. The van der Waals surface area contributed by atoms with Gasteiger partial charge in [-0.15, -0.1) is 11.3 Å². The fraction of sp³-hybridized carbons (Fsp3) is 0.286. The molecule has 0 bridgehead atoms. The minimum Gasteiger partial charge on any atom is -0.312 e. The van der Waals surface area contributed by atoms with E-state index < -0.39 is 0 Å². The van der Waals surface area contributed by atoms with E-state index in [-0.39, 0.29) is 0 Å². The first kappa shape index (κ1) is 12.6. The van der Waals surface area contributed by atoms with Gasteiger partial charge in [-0.25, -0.2) is 0 Å². The third-order valence-corrected chi connectivity index (χ3v) is 4.17. The van der Waals surface area contributed by atoms with Gasteiger partial charge in [-0.3, -0.25) is 0 Å². The number of benzene rings is 1. The predicted octanol–water partition coefficient (Wildman–Crippen LogP) is 4.21. The largest absolute Gasteiger partial charge is 0.312 e. The fourth-order valence-corrected chi connectivity index (χ4v) is 2.96. The minimum atomic E-state index is 0.384. The lowest BCUT2D eigenvalue weighted by Gasteiger charge is -2.14. The van der Waals surface area contributed by atoms with Crippen LogP contribution in [-0.2, 0) is 6.42 Å². The zero-order chi connectivity index (χ0) is 12.3. The number of hydrogen-bond acceptors (Lipinski definition) is 2. The summed E-state index contributed by atoms with van der Waals surface area (Å²) in [7, 11) is 2.01. The first-order valence-electron chi connectivity index (χ1n) is 5.67. The van der Waals surface area contributed by atoms with Gasteiger partial charge in [0.15, 0.2) is 0 Å². The van der Waals surface area contributed by atoms with E-state index in [1.165, 1.54) is 15.3 Å². The predicted molar refractivity (Wildman–Crippen MR) is 76.0 cm³/mol. The molecule has 90 valence electrons. The lowest BCUT2D eigenvalue weighted by molar-refractivity contribution is 0.602. The molecule has 0 spiro atoms. The summed E-state index contributed by atoms with van der Waals surface area (Å²) < 4.78 is 0. The molecule has 0 saturated carbocycles. The second-order valence-corrected chi connectivity index (χ2v) is 5.88. The van der Waals surface area contributed by atoms with Gasteiger partial charge in [0, 0.05) is 20.8 Å². The minimum absolute atomic E-state index is 0.384. The normalized spacial score (nSPS) is 12.6. The maximum Gasteiger partial charge on any atom is 0.0453 e. The van der Waals surface area contributed by atoms with E-state index in [0.29, 0.717) is 6.04 Å². The highest BCUT2D eigenvalue weighted by Gasteiger charge is 2.11. The first-order valence-corrected chi connectivity index (χ1v) is 6.86. The molecule has 1 aromatic carbocycles. The number of halogens is 1. The molecule has 1 aromatic heterocycles. The molecule has 0 amide bonds. The Morgan fingerprint density at radius 2 is 1.88 bits per heavy atom. The van der Waals surface area contributed by atoms with Gasteiger partial charge in [-0.05, 0) is 50.2 Å². The standard InChI is InChI=1S/C14H16ClNS/c1-10-3-8-14(17-10)13(16-2)9-11-4-6-12(15)7-5-11/h3-8,13,16H,9H2,1-2H3. The van der Waals surface area contributed by atoms with Crippen molar-refractivity contribution in [2.75, 3.05) is 7.05 Å². The molecule has 0 saturated heterocycles. The van der Waals surface area contributed by atoms with Crippen molar-refractivity contribution in [2.45, 2.75) is 19.4 Å². The Balaban J connectivity index is 2.12. The smallest absolute Gasteiger partial charge is 0.0453 e. The Labute approximate surface area is 111 Å². The third kappa shape index (κ3) is 3.32. The molecule has 1 heterocycles. The summed E-state index contributed by atoms with van der Waals surface area (Å²) >= 11 is 7.74. The van der Waals surface area contributed by atoms with Crippen LogP contribution in [0.3, 0.4) is 0 Å². The molecule has 1 N–H and O–H groups in total. The van der Waals surface area contributed by atoms with Crippen LogP contribution in [0.2, 0.25) is 5.02 Å². The van der Waals surface area contributed by atoms with Gasteiger partial charge in [-0.2, -0.15) is 0 Å². The van der Waals surface area contributed by atoms with Gasteiger partial charge in [0.1, 0.15) is 0 Å². The van der Waals surface area contributed by atoms with Crippen LogP contribution < -0.4 is 5.32 Å². The lowest BCUT2D eigenvalue weighted by Crippen LogP contribution is -2.17. The van der Waals surface area contributed by atoms with Gasteiger partial charge in [-0.1, -0.05) is 23.7 Å². The van der Waals surface area contributed by atoms with Crippen molar-refractivity contribution >= 4 is 22.9 Å². The number of thiophene rings is 1. The molecular formula is C14H16ClNS. The summed E-state index contributed by atoms with van der Waals surface area (Å²) in [4.78, 5) is 2.75. The zero-order valence-electron chi connectivity index (χ0n) is 10.0. The number of likely N-dealkylation sites (N-methyl/N-ethyl adjacent to an activating group) is 1. The SMILES string of the molecule is CNC(Cc1ccc(Cl)cc1)c1ccc(C)s1. The maximum atomic E-state index is 5.89. The van der Waals surface area contributed by atoms with E-state index in [1.807, 2.05) is 30.5 Å². The van der Waals surface area contributed by atoms with Crippen LogP contribution in [-0.4, -0.2) is 7.05 Å². The van der Waals surface area contributed by atoms with Gasteiger partial charge in [0.25, 0.3) is 0 Å². The van der Waals surface area contributed by atoms with E-state index in [0.717, 1.165) is 11.4 Å². The molecule has 0 fully saturated rings. The topological polar surface area (TPSA) is 12.0 Å². The highest BCUT2D eigenvalue weighted by atomic mass is 35.5. The summed E-state index contributed by atoms with van der Waals surface area (Å²) in [5.74, 6) is 0. The Hall–Kier alpha value is -0.830. The van der Waals surface area contributed by atoms with E-state index in [2.05, 4.69) is 36.5 Å². The molecular weight excluding hydrogens is 250 g/mol. The Kier molecular flexibility index (Phi) is 4.21. The number of nitrogens with one attached hydrogen (secondary N) is 1. The van der Waals surface area contributed by atoms with Crippen molar-refractivity contribution in [1.29, 1.82) is 0 Å². The molecule has 2 rings (SSSR count). The van der Waals surface area contributed by atoms with Gasteiger partial charge >= 0.3 is 0 Å². The molecule has 0 aliphatic carbocycles. The van der Waals surface area contributed by atoms with E-state index in [1.54, 1.807) is 0 Å². The quantitative estimate of drug-likeness (QED) is 0.873. The Morgan fingerprint density at radius 3 is 2.41 bits per heavy atom. The molecule has 0 aliphatic rings. The molecule has 0 radical (unpaired) electrons. The monoisotopic (exact) mass is 265 g/mol. The average molecular weight is 266 g/mol. The second-order valence-electron chi connectivity index (χ2n) is 4.12. The summed E-state index contributed by atoms with van der Waals surface area (Å²) in [6, 6.07) is 12.8. The van der Waals surface area contributed by atoms with Crippen LogP contribution in [0.4, 0.5) is 0 Å². The van der Waals surface area contributed by atoms with E-state index in [9.17, 15) is 0 Å². The third-order valence-electron chi connectivity index (χ3n) is 2.81. The fourth-order valence-electron chi connectivity index (χ4n) is 1.84. The van der Waals surface area contributed by atoms with Crippen LogP contribution in [0.5, 0.6) is 0 Å². The molecule has 1 nitrogen and oxygen atoms in total. The van der Waals surface area contributed by atoms with Crippen molar-refractivity contribution in [3.05, 3.63) is 56.7 Å². The molecule has 3 heteroatoms. The molecule has 0 aliphatic heterocycles. The zero-order valence-corrected chi connectivity index (χ0v) is 11.6. The Bertz CT molecular complexity index is 475. The van der Waals surface area contributed by atoms with Gasteiger partial charge < -0.3 is 5.32 Å². The van der Waals surface area contributed by atoms with Gasteiger partial charge in [0.2, 0.25) is 0 Å². The first-order chi connectivity index (χ1) is 8.19. The summed E-state index contributed by atoms with van der Waals surface area (Å²) in [5.41, 5.74) is 1.31. The maximum absolute atomic E-state index is 5.89. The number of aryl methyl sites for hydroxylation is 1. The Morgan fingerprint density at radius 1 is 1.18 bits per heavy atom. The van der Waals surface area contributed by atoms with Crippen LogP contribution in [0, 0.1) is 6.92 Å². The van der Waals surface area contributed by atoms with E-state index in [4.69, 9.17) is 11.6 Å². The number of hydrogen-bond donors (Lipinski definition) is 1. The van der Waals surface area contributed by atoms with E-state index >= 15 is 0 Å². The summed E-state index contributed by atoms with van der Waals surface area (Å²) in [6.45, 7) is 2.14. The van der Waals surface area contributed by atoms with Gasteiger partial charge in [0.05, 0.1) is 0 Å². The van der Waals surface area contributed by atoms with Crippen LogP contribution in [0.25, 0.3) is 0 Å². The lowest BCUT2D eigenvalue weighted by atomic mass is 10.1. The van der Waals surface area contributed by atoms with Crippen molar-refractivity contribution in [2.24, 2.45) is 0 Å². The van der Waals surface area contributed by atoms with Crippen LogP contribution in [0.1, 0.15) is 21.4 Å². The molecule has 17 heavy (non-hydrogen) atoms. The molecule has 1 atom stereocenters. The summed E-state index contributed by atoms with van der Waals surface area (Å²) in [6.07, 6.45) is 0.994. The van der Waals surface area contributed by atoms with Crippen LogP contribution >= 0.6 is 22.9 Å². The highest BCUT2D eigenvalue weighted by molar-refractivity contribution is 7.12. The van der Waals surface area contributed by atoms with Crippen molar-refractivity contribution in [3.63, 3.8) is 0 Å². The number of rotatable bonds is 4. The molecule has 2 aromatic rings. The summed E-state index contributed by atoms with van der Waals surface area (Å²) in [5, 5.41) is 4.17. The second kappa shape index (κ2) is 5.67. The van der Waals surface area contributed by atoms with Crippen LogP contribution in [0.15, 0.2) is 36.4 Å². The van der Waals surface area contributed by atoms with Crippen molar-refractivity contribution in [3.8, 4) is 0 Å². The average Bonchev–Trinajstić information content (AvgIpc) is 2.75.